The second kappa shape index (κ2) is 6.31. The topological polar surface area (TPSA) is 23.6 Å². The van der Waals surface area contributed by atoms with Crippen LogP contribution in [0.2, 0.25) is 0 Å². The molecule has 1 heterocycles. The van der Waals surface area contributed by atoms with Gasteiger partial charge in [0.2, 0.25) is 0 Å². The molecule has 0 bridgehead atoms. The first kappa shape index (κ1) is 14.2. The molecule has 2 atom stereocenters. The maximum absolute atomic E-state index is 12.5. The molecule has 3 heteroatoms. The third-order valence-electron chi connectivity index (χ3n) is 4.22. The number of carbonyl (C=O) groups is 1. The summed E-state index contributed by atoms with van der Waals surface area (Å²) in [5, 5.41) is 0. The number of ketones is 1. The summed E-state index contributed by atoms with van der Waals surface area (Å²) in [6.07, 6.45) is 2.41. The van der Waals surface area contributed by atoms with Crippen molar-refractivity contribution in [1.29, 1.82) is 0 Å². The monoisotopic (exact) mass is 260 g/mol. The lowest BCUT2D eigenvalue weighted by Crippen LogP contribution is -2.50. The Morgan fingerprint density at radius 1 is 1.37 bits per heavy atom. The minimum atomic E-state index is -0.0566. The maximum atomic E-state index is 12.5. The summed E-state index contributed by atoms with van der Waals surface area (Å²) in [5.41, 5.74) is 0.811. The molecule has 1 aliphatic rings. The van der Waals surface area contributed by atoms with Crippen LogP contribution in [0.4, 0.5) is 0 Å². The van der Waals surface area contributed by atoms with E-state index in [0.29, 0.717) is 6.04 Å². The summed E-state index contributed by atoms with van der Waals surface area (Å²) in [6.45, 7) is 4.25. The highest BCUT2D eigenvalue weighted by atomic mass is 16.1. The number of piperidine rings is 1. The van der Waals surface area contributed by atoms with Crippen molar-refractivity contribution in [3.8, 4) is 0 Å². The molecule has 104 valence electrons. The van der Waals surface area contributed by atoms with Crippen molar-refractivity contribution in [3.63, 3.8) is 0 Å². The molecule has 1 aromatic carbocycles. The van der Waals surface area contributed by atoms with Crippen molar-refractivity contribution >= 4 is 5.78 Å². The van der Waals surface area contributed by atoms with E-state index in [1.54, 1.807) is 0 Å². The smallest absolute Gasteiger partial charge is 0.179 e. The Morgan fingerprint density at radius 2 is 2.05 bits per heavy atom. The molecule has 0 aliphatic carbocycles. The lowest BCUT2D eigenvalue weighted by Gasteiger charge is -2.38. The Kier molecular flexibility index (Phi) is 4.72. The molecule has 3 nitrogen and oxygen atoms in total. The van der Waals surface area contributed by atoms with Crippen LogP contribution in [0.5, 0.6) is 0 Å². The predicted octanol–water partition coefficient (Wildman–Crippen LogP) is 2.28. The lowest BCUT2D eigenvalue weighted by atomic mass is 9.99. The van der Waals surface area contributed by atoms with Gasteiger partial charge in [0.15, 0.2) is 5.78 Å². The fraction of sp³-hybridized carbons (Fsp3) is 0.562. The Labute approximate surface area is 116 Å². The molecular weight excluding hydrogens is 236 g/mol. The van der Waals surface area contributed by atoms with Crippen LogP contribution in [-0.2, 0) is 0 Å². The first-order valence-corrected chi connectivity index (χ1v) is 7.09. The molecule has 1 aliphatic heterocycles. The van der Waals surface area contributed by atoms with Gasteiger partial charge in [-0.05, 0) is 40.4 Å². The largest absolute Gasteiger partial charge is 0.305 e. The highest BCUT2D eigenvalue weighted by Gasteiger charge is 2.28. The first-order chi connectivity index (χ1) is 9.09. The molecule has 0 saturated carbocycles. The molecule has 0 aromatic heterocycles. The summed E-state index contributed by atoms with van der Waals surface area (Å²) in [6, 6.07) is 10.0. The standard InChI is InChI=1S/C16H24N2O/c1-13(16(19)14-8-5-4-6-9-14)18(3)15-10-7-11-17(2)12-15/h4-6,8-9,13,15H,7,10-12H2,1-3H3. The van der Waals surface area contributed by atoms with Crippen LogP contribution in [0.3, 0.4) is 0 Å². The van der Waals surface area contributed by atoms with E-state index in [4.69, 9.17) is 0 Å². The SMILES string of the molecule is CC(C(=O)c1ccccc1)N(C)C1CCCN(C)C1. The average Bonchev–Trinajstić information content (AvgIpc) is 2.46. The van der Waals surface area contributed by atoms with Crippen molar-refractivity contribution in [2.75, 3.05) is 27.2 Å². The van der Waals surface area contributed by atoms with Gasteiger partial charge in [0.05, 0.1) is 6.04 Å². The zero-order valence-electron chi connectivity index (χ0n) is 12.2. The quantitative estimate of drug-likeness (QED) is 0.776. The summed E-state index contributed by atoms with van der Waals surface area (Å²) < 4.78 is 0. The number of rotatable bonds is 4. The summed E-state index contributed by atoms with van der Waals surface area (Å²) in [7, 11) is 4.24. The van der Waals surface area contributed by atoms with Crippen molar-refractivity contribution in [2.24, 2.45) is 0 Å². The zero-order valence-corrected chi connectivity index (χ0v) is 12.2. The second-order valence-corrected chi connectivity index (χ2v) is 5.63. The predicted molar refractivity (Wildman–Crippen MR) is 78.5 cm³/mol. The number of hydrogen-bond donors (Lipinski definition) is 0. The molecule has 2 unspecified atom stereocenters. The van der Waals surface area contributed by atoms with Gasteiger partial charge < -0.3 is 4.90 Å². The van der Waals surface area contributed by atoms with Crippen LogP contribution in [0.25, 0.3) is 0 Å². The second-order valence-electron chi connectivity index (χ2n) is 5.63. The van der Waals surface area contributed by atoms with E-state index in [0.717, 1.165) is 12.1 Å². The van der Waals surface area contributed by atoms with Crippen LogP contribution < -0.4 is 0 Å². The maximum Gasteiger partial charge on any atom is 0.179 e. The van der Waals surface area contributed by atoms with Crippen molar-refractivity contribution < 1.29 is 4.79 Å². The Hall–Kier alpha value is -1.19. The number of hydrogen-bond acceptors (Lipinski definition) is 3. The average molecular weight is 260 g/mol. The van der Waals surface area contributed by atoms with Gasteiger partial charge in [-0.1, -0.05) is 30.3 Å². The molecule has 2 rings (SSSR count). The van der Waals surface area contributed by atoms with Crippen molar-refractivity contribution in [1.82, 2.24) is 9.80 Å². The van der Waals surface area contributed by atoms with Crippen LogP contribution in [-0.4, -0.2) is 54.9 Å². The summed E-state index contributed by atoms with van der Waals surface area (Å²) >= 11 is 0. The van der Waals surface area contributed by atoms with Gasteiger partial charge in [0.25, 0.3) is 0 Å². The minimum Gasteiger partial charge on any atom is -0.305 e. The van der Waals surface area contributed by atoms with Crippen LogP contribution in [0, 0.1) is 0 Å². The number of nitrogens with zero attached hydrogens (tertiary/aromatic N) is 2. The first-order valence-electron chi connectivity index (χ1n) is 7.09. The number of likely N-dealkylation sites (tertiary alicyclic amines) is 1. The van der Waals surface area contributed by atoms with E-state index >= 15 is 0 Å². The van der Waals surface area contributed by atoms with Crippen molar-refractivity contribution in [3.05, 3.63) is 35.9 Å². The Bertz CT molecular complexity index is 418. The fourth-order valence-electron chi connectivity index (χ4n) is 2.82. The van der Waals surface area contributed by atoms with E-state index in [-0.39, 0.29) is 11.8 Å². The van der Waals surface area contributed by atoms with Crippen molar-refractivity contribution in [2.45, 2.75) is 31.8 Å². The van der Waals surface area contributed by atoms with E-state index < -0.39 is 0 Å². The number of carbonyl (C=O) groups excluding carboxylic acids is 1. The van der Waals surface area contributed by atoms with Gasteiger partial charge in [0, 0.05) is 18.2 Å². The van der Waals surface area contributed by atoms with Gasteiger partial charge in [-0.3, -0.25) is 9.69 Å². The summed E-state index contributed by atoms with van der Waals surface area (Å²) in [5.74, 6) is 0.219. The van der Waals surface area contributed by atoms with Gasteiger partial charge in [0.1, 0.15) is 0 Å². The molecule has 0 spiro atoms. The number of Topliss-reactive ketones (excluding diaryl/α,β-unsaturated/α-hetero) is 1. The zero-order chi connectivity index (χ0) is 13.8. The van der Waals surface area contributed by atoms with E-state index in [2.05, 4.69) is 23.9 Å². The van der Waals surface area contributed by atoms with Gasteiger partial charge in [-0.15, -0.1) is 0 Å². The molecule has 0 N–H and O–H groups in total. The third-order valence-corrected chi connectivity index (χ3v) is 4.22. The number of benzene rings is 1. The minimum absolute atomic E-state index is 0.0566. The van der Waals surface area contributed by atoms with Gasteiger partial charge in [-0.25, -0.2) is 0 Å². The van der Waals surface area contributed by atoms with E-state index in [1.165, 1.54) is 19.4 Å². The molecule has 19 heavy (non-hydrogen) atoms. The third kappa shape index (κ3) is 3.43. The highest BCUT2D eigenvalue weighted by molar-refractivity contribution is 5.99. The molecule has 1 saturated heterocycles. The molecule has 1 aromatic rings. The van der Waals surface area contributed by atoms with Crippen LogP contribution in [0.1, 0.15) is 30.1 Å². The molecule has 0 radical (unpaired) electrons. The summed E-state index contributed by atoms with van der Waals surface area (Å²) in [4.78, 5) is 17.0. The Balaban J connectivity index is 2.02. The van der Waals surface area contributed by atoms with E-state index in [9.17, 15) is 4.79 Å². The molecular formula is C16H24N2O. The lowest BCUT2D eigenvalue weighted by molar-refractivity contribution is 0.0709. The highest BCUT2D eigenvalue weighted by Crippen LogP contribution is 2.17. The van der Waals surface area contributed by atoms with Gasteiger partial charge >= 0.3 is 0 Å². The van der Waals surface area contributed by atoms with Crippen LogP contribution >= 0.6 is 0 Å². The number of likely N-dealkylation sites (N-methyl/N-ethyl adjacent to an activating group) is 2. The molecule has 0 amide bonds. The Morgan fingerprint density at radius 3 is 2.68 bits per heavy atom. The van der Waals surface area contributed by atoms with E-state index in [1.807, 2.05) is 37.3 Å². The van der Waals surface area contributed by atoms with Gasteiger partial charge in [-0.2, -0.15) is 0 Å². The molecule has 1 fully saturated rings. The van der Waals surface area contributed by atoms with Crippen LogP contribution in [0.15, 0.2) is 30.3 Å². The fourth-order valence-corrected chi connectivity index (χ4v) is 2.82. The normalized spacial score (nSPS) is 22.4.